The summed E-state index contributed by atoms with van der Waals surface area (Å²) in [5, 5.41) is 27.5. The van der Waals surface area contributed by atoms with Gasteiger partial charge in [-0.15, -0.1) is 0 Å². The highest BCUT2D eigenvalue weighted by Gasteiger charge is 2.21. The Bertz CT molecular complexity index is 2570. The predicted molar refractivity (Wildman–Crippen MR) is 233 cm³/mol. The predicted octanol–water partition coefficient (Wildman–Crippen LogP) is 11.9. The van der Waals surface area contributed by atoms with Gasteiger partial charge in [-0.1, -0.05) is 82.8 Å². The highest BCUT2D eigenvalue weighted by atomic mass is 35.5. The fourth-order valence-corrected chi connectivity index (χ4v) is 6.60. The SMILES string of the molecule is Cc1ccnc(N)c1.Cc1ccnc(NC(c2cc(Cl)cc(Cl)c2)c2ccc3cccnc3c2O)c1.O=Cc1cc(Cl)cc(Cl)c1.Oc1cccc2cccnc12. The Morgan fingerprint density at radius 2 is 1.18 bits per heavy atom. The summed E-state index contributed by atoms with van der Waals surface area (Å²) >= 11 is 23.7. The summed E-state index contributed by atoms with van der Waals surface area (Å²) in [5.41, 5.74) is 10.7. The number of nitrogens with one attached hydrogen (secondary N) is 1. The number of aryl methyl sites for hydroxylation is 2. The number of carbonyl (C=O) groups is 1. The van der Waals surface area contributed by atoms with Crippen molar-refractivity contribution in [2.24, 2.45) is 0 Å². The number of nitrogen functional groups attached to an aromatic ring is 1. The van der Waals surface area contributed by atoms with Gasteiger partial charge in [0.05, 0.1) is 6.04 Å². The Hall–Kier alpha value is -5.97. The number of hydrogen-bond donors (Lipinski definition) is 4. The van der Waals surface area contributed by atoms with E-state index in [1.165, 1.54) is 0 Å². The van der Waals surface area contributed by atoms with Gasteiger partial charge in [-0.05, 0) is 109 Å². The number of phenols is 2. The first-order chi connectivity index (χ1) is 27.4. The van der Waals surface area contributed by atoms with Gasteiger partial charge in [-0.2, -0.15) is 0 Å². The molecule has 0 saturated carbocycles. The van der Waals surface area contributed by atoms with Crippen LogP contribution in [0.2, 0.25) is 20.1 Å². The summed E-state index contributed by atoms with van der Waals surface area (Å²) < 4.78 is 0. The molecule has 8 rings (SSSR count). The van der Waals surface area contributed by atoms with Gasteiger partial charge in [0.2, 0.25) is 0 Å². The fourth-order valence-electron chi connectivity index (χ4n) is 5.51. The highest BCUT2D eigenvalue weighted by molar-refractivity contribution is 6.35. The molecule has 0 aliphatic heterocycles. The maximum absolute atomic E-state index is 11.0. The van der Waals surface area contributed by atoms with E-state index in [-0.39, 0.29) is 11.5 Å². The zero-order valence-corrected chi connectivity index (χ0v) is 33.6. The van der Waals surface area contributed by atoms with Crippen molar-refractivity contribution in [3.63, 3.8) is 0 Å². The number of nitrogens with zero attached hydrogens (tertiary/aromatic N) is 4. The Morgan fingerprint density at radius 1 is 0.614 bits per heavy atom. The third-order valence-corrected chi connectivity index (χ3v) is 8.96. The lowest BCUT2D eigenvalue weighted by molar-refractivity contribution is 0.112. The molecule has 5 N–H and O–H groups in total. The largest absolute Gasteiger partial charge is 0.506 e. The normalized spacial score (nSPS) is 10.8. The Morgan fingerprint density at radius 3 is 1.74 bits per heavy atom. The first kappa shape index (κ1) is 42.2. The number of benzene rings is 4. The summed E-state index contributed by atoms with van der Waals surface area (Å²) in [4.78, 5) is 26.8. The van der Waals surface area contributed by atoms with E-state index < -0.39 is 6.04 Å². The molecule has 1 unspecified atom stereocenters. The second kappa shape index (κ2) is 20.3. The quantitative estimate of drug-likeness (QED) is 0.124. The standard InChI is InChI=1S/C22H17Cl2N3O.C9H7NO.C7H4Cl2O.C6H8N2/c1-13-6-8-25-19(9-13)27-20(15-10-16(23)12-17(24)11-15)18-5-4-14-3-2-7-26-21(14)22(18)28;11-8-5-1-3-7-4-2-6-10-9(7)8;8-6-1-5(4-10)2-7(9)3-6;1-5-2-3-8-6(7)4-5/h2-12,20,28H,1H3,(H,25,27);1-6,11H;1-4H;2-4H,1H3,(H2,7,8). The maximum Gasteiger partial charge on any atom is 0.150 e. The van der Waals surface area contributed by atoms with Gasteiger partial charge in [0.25, 0.3) is 0 Å². The molecule has 4 aromatic heterocycles. The number of aromatic hydroxyl groups is 2. The molecule has 288 valence electrons. The summed E-state index contributed by atoms with van der Waals surface area (Å²) in [6, 6.07) is 33.9. The molecule has 8 aromatic rings. The number of anilines is 2. The van der Waals surface area contributed by atoms with Crippen LogP contribution >= 0.6 is 46.4 Å². The van der Waals surface area contributed by atoms with Crippen LogP contribution in [0.4, 0.5) is 11.6 Å². The topological polar surface area (TPSA) is 147 Å². The molecule has 0 radical (unpaired) electrons. The van der Waals surface area contributed by atoms with Crippen molar-refractivity contribution in [1.29, 1.82) is 0 Å². The van der Waals surface area contributed by atoms with E-state index in [4.69, 9.17) is 52.1 Å². The van der Waals surface area contributed by atoms with Crippen LogP contribution in [0.15, 0.2) is 140 Å². The molecule has 0 amide bonds. The summed E-state index contributed by atoms with van der Waals surface area (Å²) in [5.74, 6) is 1.62. The van der Waals surface area contributed by atoms with Crippen molar-refractivity contribution in [3.8, 4) is 11.5 Å². The zero-order chi connectivity index (χ0) is 40.9. The van der Waals surface area contributed by atoms with E-state index >= 15 is 0 Å². The van der Waals surface area contributed by atoms with Crippen LogP contribution in [0.5, 0.6) is 11.5 Å². The Labute approximate surface area is 349 Å². The number of carbonyl (C=O) groups excluding carboxylic acids is 1. The van der Waals surface area contributed by atoms with Crippen LogP contribution in [0.1, 0.15) is 38.7 Å². The molecule has 0 fully saturated rings. The lowest BCUT2D eigenvalue weighted by Crippen LogP contribution is -2.14. The molecular weight excluding hydrogens is 802 g/mol. The average molecular weight is 839 g/mol. The molecule has 0 saturated heterocycles. The van der Waals surface area contributed by atoms with Crippen LogP contribution in [-0.4, -0.2) is 36.4 Å². The van der Waals surface area contributed by atoms with Crippen LogP contribution in [-0.2, 0) is 0 Å². The number of pyridine rings is 4. The third-order valence-electron chi connectivity index (χ3n) is 8.08. The van der Waals surface area contributed by atoms with Gasteiger partial charge >= 0.3 is 0 Å². The number of aromatic nitrogens is 4. The number of phenolic OH excluding ortho intramolecular Hbond substituents is 2. The monoisotopic (exact) mass is 836 g/mol. The van der Waals surface area contributed by atoms with E-state index in [1.54, 1.807) is 61.2 Å². The number of fused-ring (bicyclic) bond motifs is 2. The van der Waals surface area contributed by atoms with Crippen LogP contribution in [0.3, 0.4) is 0 Å². The van der Waals surface area contributed by atoms with Crippen molar-refractivity contribution >= 4 is 86.1 Å². The van der Waals surface area contributed by atoms with Gasteiger partial charge in [0.15, 0.2) is 0 Å². The van der Waals surface area contributed by atoms with E-state index in [1.807, 2.05) is 92.7 Å². The van der Waals surface area contributed by atoms with Gasteiger partial charge in [0, 0.05) is 66.8 Å². The molecule has 4 aromatic carbocycles. The van der Waals surface area contributed by atoms with Crippen molar-refractivity contribution in [2.75, 3.05) is 11.1 Å². The molecular formula is C44H36Cl4N6O3. The molecule has 0 spiro atoms. The van der Waals surface area contributed by atoms with Crippen molar-refractivity contribution in [2.45, 2.75) is 19.9 Å². The first-order valence-electron chi connectivity index (χ1n) is 17.2. The fraction of sp³-hybridized carbons (Fsp3) is 0.0682. The average Bonchev–Trinajstić information content (AvgIpc) is 3.18. The number of para-hydroxylation sites is 1. The van der Waals surface area contributed by atoms with Crippen LogP contribution < -0.4 is 11.1 Å². The molecule has 13 heteroatoms. The van der Waals surface area contributed by atoms with Crippen molar-refractivity contribution in [1.82, 2.24) is 19.9 Å². The second-order valence-corrected chi connectivity index (χ2v) is 14.3. The van der Waals surface area contributed by atoms with Gasteiger partial charge in [0.1, 0.15) is 40.5 Å². The molecule has 0 aliphatic carbocycles. The first-order valence-corrected chi connectivity index (χ1v) is 18.7. The second-order valence-electron chi connectivity index (χ2n) is 12.5. The summed E-state index contributed by atoms with van der Waals surface area (Å²) in [7, 11) is 0. The smallest absolute Gasteiger partial charge is 0.150 e. The molecule has 4 heterocycles. The third kappa shape index (κ3) is 12.3. The van der Waals surface area contributed by atoms with E-state index in [9.17, 15) is 15.0 Å². The van der Waals surface area contributed by atoms with E-state index in [0.717, 1.165) is 27.5 Å². The number of halogens is 4. The molecule has 0 aliphatic rings. The van der Waals surface area contributed by atoms with Crippen LogP contribution in [0.25, 0.3) is 21.8 Å². The lowest BCUT2D eigenvalue weighted by Gasteiger charge is -2.22. The minimum Gasteiger partial charge on any atom is -0.506 e. The zero-order valence-electron chi connectivity index (χ0n) is 30.6. The molecule has 0 bridgehead atoms. The highest BCUT2D eigenvalue weighted by Crippen LogP contribution is 2.38. The number of aldehydes is 1. The molecule has 1 atom stereocenters. The van der Waals surface area contributed by atoms with Crippen LogP contribution in [0, 0.1) is 13.8 Å². The molecule has 9 nitrogen and oxygen atoms in total. The van der Waals surface area contributed by atoms with E-state index in [2.05, 4.69) is 25.3 Å². The van der Waals surface area contributed by atoms with Gasteiger partial charge in [-0.3, -0.25) is 14.8 Å². The number of nitrogens with two attached hydrogens (primary N) is 1. The van der Waals surface area contributed by atoms with Gasteiger partial charge in [-0.25, -0.2) is 9.97 Å². The summed E-state index contributed by atoms with van der Waals surface area (Å²) in [6.45, 7) is 3.98. The Kier molecular flexibility index (Phi) is 15.0. The number of rotatable bonds is 5. The van der Waals surface area contributed by atoms with E-state index in [0.29, 0.717) is 60.2 Å². The minimum atomic E-state index is -0.420. The summed E-state index contributed by atoms with van der Waals surface area (Å²) in [6.07, 6.45) is 7.47. The van der Waals surface area contributed by atoms with Crippen molar-refractivity contribution in [3.05, 3.63) is 188 Å². The maximum atomic E-state index is 11.0. The Balaban J connectivity index is 0.000000173. The molecule has 57 heavy (non-hydrogen) atoms. The lowest BCUT2D eigenvalue weighted by atomic mass is 9.96. The minimum absolute atomic E-state index is 0.111. The number of hydrogen-bond acceptors (Lipinski definition) is 9. The van der Waals surface area contributed by atoms with Gasteiger partial charge < -0.3 is 21.3 Å². The van der Waals surface area contributed by atoms with Crippen molar-refractivity contribution < 1.29 is 15.0 Å².